The number of aliphatic hydroxyl groups is 1. The van der Waals surface area contributed by atoms with Crippen LogP contribution in [0.2, 0.25) is 0 Å². The molecule has 0 unspecified atom stereocenters. The molecular formula is C23H24N2O5. The number of pyridine rings is 1. The van der Waals surface area contributed by atoms with Crippen LogP contribution in [0, 0.1) is 0 Å². The molecule has 0 fully saturated rings. The predicted molar refractivity (Wildman–Crippen MR) is 113 cm³/mol. The van der Waals surface area contributed by atoms with Crippen molar-refractivity contribution in [2.45, 2.75) is 37.8 Å². The molecule has 0 bridgehead atoms. The molecule has 1 heterocycles. The first-order chi connectivity index (χ1) is 14.3. The quantitative estimate of drug-likeness (QED) is 0.425. The highest BCUT2D eigenvalue weighted by atomic mass is 16.4. The fourth-order valence-electron chi connectivity index (χ4n) is 4.31. The van der Waals surface area contributed by atoms with Gasteiger partial charge in [0.15, 0.2) is 0 Å². The Balaban J connectivity index is 1.60. The van der Waals surface area contributed by atoms with E-state index in [1.54, 1.807) is 6.07 Å². The molecule has 1 aromatic heterocycles. The molecular weight excluding hydrogens is 384 g/mol. The summed E-state index contributed by atoms with van der Waals surface area (Å²) in [5.41, 5.74) is 2.62. The van der Waals surface area contributed by atoms with Crippen molar-refractivity contribution >= 4 is 16.9 Å². The van der Waals surface area contributed by atoms with Crippen molar-refractivity contribution in [2.75, 3.05) is 6.54 Å². The molecule has 0 saturated carbocycles. The highest BCUT2D eigenvalue weighted by Crippen LogP contribution is 2.32. The molecule has 1 aliphatic rings. The average molecular weight is 408 g/mol. The Kier molecular flexibility index (Phi) is 5.09. The monoisotopic (exact) mass is 408 g/mol. The van der Waals surface area contributed by atoms with E-state index in [2.05, 4.69) is 29.4 Å². The third kappa shape index (κ3) is 3.81. The summed E-state index contributed by atoms with van der Waals surface area (Å²) in [6.07, 6.45) is 0.382. The first-order valence-corrected chi connectivity index (χ1v) is 9.85. The van der Waals surface area contributed by atoms with Gasteiger partial charge >= 0.3 is 5.97 Å². The number of hydrogen-bond donors (Lipinski definition) is 5. The molecule has 1 atom stereocenters. The Bertz CT molecular complexity index is 1160. The fourth-order valence-corrected chi connectivity index (χ4v) is 4.31. The van der Waals surface area contributed by atoms with Gasteiger partial charge in [0, 0.05) is 23.0 Å². The van der Waals surface area contributed by atoms with E-state index in [9.17, 15) is 19.8 Å². The Morgan fingerprint density at radius 1 is 1.20 bits per heavy atom. The standard InChI is InChI=1S/C23H24N2O5/c1-23(10-13-4-2-3-5-14(13)11-23)24-12-19(27)16-6-7-18(26)21-17(16)8-15(9-20(28)29)22(30)25-21/h2-8,19,24,26-27H,9-12H2,1H3,(H,25,30)(H,28,29)/t19-/m0/s1. The number of hydrogen-bond acceptors (Lipinski definition) is 5. The number of fused-ring (bicyclic) bond motifs is 2. The molecule has 0 saturated heterocycles. The van der Waals surface area contributed by atoms with E-state index in [1.807, 2.05) is 12.1 Å². The first-order valence-electron chi connectivity index (χ1n) is 9.85. The van der Waals surface area contributed by atoms with Crippen molar-refractivity contribution in [3.8, 4) is 5.75 Å². The van der Waals surface area contributed by atoms with Gasteiger partial charge in [-0.2, -0.15) is 0 Å². The number of rotatable bonds is 6. The van der Waals surface area contributed by atoms with Crippen molar-refractivity contribution in [1.82, 2.24) is 10.3 Å². The largest absolute Gasteiger partial charge is 0.506 e. The number of aliphatic hydroxyl groups excluding tert-OH is 1. The number of carboxylic acids is 1. The molecule has 4 rings (SSSR count). The van der Waals surface area contributed by atoms with E-state index >= 15 is 0 Å². The molecule has 156 valence electrons. The number of aromatic nitrogens is 1. The van der Waals surface area contributed by atoms with E-state index in [-0.39, 0.29) is 28.9 Å². The normalized spacial score (nSPS) is 15.8. The number of benzene rings is 2. The number of H-pyrrole nitrogens is 1. The zero-order valence-electron chi connectivity index (χ0n) is 16.6. The average Bonchev–Trinajstić information content (AvgIpc) is 3.04. The third-order valence-corrected chi connectivity index (χ3v) is 5.81. The van der Waals surface area contributed by atoms with Crippen molar-refractivity contribution in [1.29, 1.82) is 0 Å². The lowest BCUT2D eigenvalue weighted by atomic mass is 9.96. The predicted octanol–water partition coefficient (Wildman–Crippen LogP) is 2.04. The van der Waals surface area contributed by atoms with Crippen LogP contribution in [0.25, 0.3) is 10.9 Å². The zero-order chi connectivity index (χ0) is 21.5. The number of aromatic amines is 1. The molecule has 2 aromatic carbocycles. The van der Waals surface area contributed by atoms with Gasteiger partial charge in [-0.3, -0.25) is 9.59 Å². The van der Waals surface area contributed by atoms with E-state index in [4.69, 9.17) is 5.11 Å². The number of carbonyl (C=O) groups is 1. The SMILES string of the molecule is CC1(NC[C@H](O)c2ccc(O)c3[nH]c(=O)c(CC(=O)O)cc23)Cc2ccccc2C1. The number of phenols is 1. The number of carboxylic acid groups (broad SMARTS) is 1. The Morgan fingerprint density at radius 2 is 1.87 bits per heavy atom. The lowest BCUT2D eigenvalue weighted by molar-refractivity contribution is -0.136. The number of β-amino-alcohol motifs (C(OH)–C–C–N with tert-alkyl or cyclic N) is 1. The molecule has 1 aliphatic carbocycles. The minimum Gasteiger partial charge on any atom is -0.506 e. The van der Waals surface area contributed by atoms with Crippen LogP contribution < -0.4 is 10.9 Å². The number of aliphatic carboxylic acids is 1. The summed E-state index contributed by atoms with van der Waals surface area (Å²) in [6, 6.07) is 12.7. The second kappa shape index (κ2) is 7.59. The highest BCUT2D eigenvalue weighted by Gasteiger charge is 2.32. The molecule has 5 N–H and O–H groups in total. The van der Waals surface area contributed by atoms with Gasteiger partial charge in [0.25, 0.3) is 5.56 Å². The number of phenolic OH excluding ortho intramolecular Hbond substituents is 1. The van der Waals surface area contributed by atoms with Gasteiger partial charge in [0.05, 0.1) is 18.0 Å². The maximum absolute atomic E-state index is 12.1. The van der Waals surface area contributed by atoms with Gasteiger partial charge in [0.2, 0.25) is 0 Å². The fraction of sp³-hybridized carbons (Fsp3) is 0.304. The number of nitrogens with one attached hydrogen (secondary N) is 2. The van der Waals surface area contributed by atoms with Crippen molar-refractivity contribution < 1.29 is 20.1 Å². The van der Waals surface area contributed by atoms with Gasteiger partial charge < -0.3 is 25.6 Å². The third-order valence-electron chi connectivity index (χ3n) is 5.81. The second-order valence-electron chi connectivity index (χ2n) is 8.24. The zero-order valence-corrected chi connectivity index (χ0v) is 16.6. The summed E-state index contributed by atoms with van der Waals surface area (Å²) >= 11 is 0. The van der Waals surface area contributed by atoms with Crippen LogP contribution in [-0.4, -0.2) is 38.4 Å². The maximum Gasteiger partial charge on any atom is 0.308 e. The van der Waals surface area contributed by atoms with Crippen LogP contribution in [0.3, 0.4) is 0 Å². The summed E-state index contributed by atoms with van der Waals surface area (Å²) in [4.78, 5) is 25.7. The minimum atomic E-state index is -1.13. The first kappa shape index (κ1) is 20.1. The Morgan fingerprint density at radius 3 is 2.50 bits per heavy atom. The molecule has 0 amide bonds. The minimum absolute atomic E-state index is 0.0696. The van der Waals surface area contributed by atoms with Crippen LogP contribution in [0.1, 0.15) is 35.3 Å². The van der Waals surface area contributed by atoms with Crippen molar-refractivity contribution in [3.05, 3.63) is 75.1 Å². The Labute approximate surface area is 173 Å². The number of aromatic hydroxyl groups is 1. The van der Waals surface area contributed by atoms with Crippen LogP contribution in [-0.2, 0) is 24.1 Å². The van der Waals surface area contributed by atoms with Gasteiger partial charge in [0.1, 0.15) is 5.75 Å². The smallest absolute Gasteiger partial charge is 0.308 e. The van der Waals surface area contributed by atoms with Crippen LogP contribution in [0.4, 0.5) is 0 Å². The van der Waals surface area contributed by atoms with Crippen molar-refractivity contribution in [2.24, 2.45) is 0 Å². The summed E-state index contributed by atoms with van der Waals surface area (Å²) in [6.45, 7) is 2.40. The Hall–Kier alpha value is -3.16. The lowest BCUT2D eigenvalue weighted by Gasteiger charge is -2.27. The maximum atomic E-state index is 12.1. The summed E-state index contributed by atoms with van der Waals surface area (Å²) in [5, 5.41) is 34.0. The molecule has 0 radical (unpaired) electrons. The molecule has 0 spiro atoms. The molecule has 7 nitrogen and oxygen atoms in total. The summed E-state index contributed by atoms with van der Waals surface area (Å²) in [5.74, 6) is -1.26. The van der Waals surface area contributed by atoms with Gasteiger partial charge in [-0.15, -0.1) is 0 Å². The van der Waals surface area contributed by atoms with E-state index < -0.39 is 24.1 Å². The van der Waals surface area contributed by atoms with Crippen molar-refractivity contribution in [3.63, 3.8) is 0 Å². The second-order valence-corrected chi connectivity index (χ2v) is 8.24. The van der Waals surface area contributed by atoms with E-state index in [0.29, 0.717) is 10.9 Å². The highest BCUT2D eigenvalue weighted by molar-refractivity contribution is 5.88. The van der Waals surface area contributed by atoms with Gasteiger partial charge in [-0.25, -0.2) is 0 Å². The van der Waals surface area contributed by atoms with Crippen LogP contribution >= 0.6 is 0 Å². The van der Waals surface area contributed by atoms with Gasteiger partial charge in [-0.05, 0) is 48.6 Å². The van der Waals surface area contributed by atoms with E-state index in [1.165, 1.54) is 23.3 Å². The molecule has 7 heteroatoms. The van der Waals surface area contributed by atoms with Gasteiger partial charge in [-0.1, -0.05) is 30.3 Å². The van der Waals surface area contributed by atoms with Crippen LogP contribution in [0.15, 0.2) is 47.3 Å². The lowest BCUT2D eigenvalue weighted by Crippen LogP contribution is -2.45. The molecule has 3 aromatic rings. The summed E-state index contributed by atoms with van der Waals surface area (Å²) in [7, 11) is 0. The topological polar surface area (TPSA) is 123 Å². The molecule has 30 heavy (non-hydrogen) atoms. The van der Waals surface area contributed by atoms with E-state index in [0.717, 1.165) is 12.8 Å². The summed E-state index contributed by atoms with van der Waals surface area (Å²) < 4.78 is 0. The molecule has 0 aliphatic heterocycles. The van der Waals surface area contributed by atoms with Crippen LogP contribution in [0.5, 0.6) is 5.75 Å².